The lowest BCUT2D eigenvalue weighted by atomic mass is 9.99. The molecule has 1 aliphatic rings. The first kappa shape index (κ1) is 21.1. The molecule has 0 fully saturated rings. The maximum Gasteiger partial charge on any atom is 0.203 e. The molecule has 0 bridgehead atoms. The van der Waals surface area contributed by atoms with Crippen molar-refractivity contribution in [2.24, 2.45) is 0 Å². The number of hydrogen-bond acceptors (Lipinski definition) is 5. The summed E-state index contributed by atoms with van der Waals surface area (Å²) in [5, 5.41) is 0. The zero-order chi connectivity index (χ0) is 21.8. The Labute approximate surface area is 183 Å². The van der Waals surface area contributed by atoms with Crippen molar-refractivity contribution in [2.45, 2.75) is 25.6 Å². The number of aromatic nitrogens is 1. The van der Waals surface area contributed by atoms with Crippen LogP contribution in [0.2, 0.25) is 0 Å². The molecule has 0 saturated heterocycles. The smallest absolute Gasteiger partial charge is 0.203 e. The maximum atomic E-state index is 5.65. The number of fused-ring (bicyclic) bond motifs is 1. The molecule has 0 saturated carbocycles. The number of hydrogen-bond donors (Lipinski definition) is 0. The number of benzene rings is 2. The van der Waals surface area contributed by atoms with Gasteiger partial charge < -0.3 is 23.5 Å². The van der Waals surface area contributed by atoms with Gasteiger partial charge in [-0.25, -0.2) is 0 Å². The van der Waals surface area contributed by atoms with E-state index in [1.54, 1.807) is 28.4 Å². The average Bonchev–Trinajstić information content (AvgIpc) is 3.19. The zero-order valence-corrected chi connectivity index (χ0v) is 18.6. The van der Waals surface area contributed by atoms with Gasteiger partial charge in [0.25, 0.3) is 0 Å². The van der Waals surface area contributed by atoms with Gasteiger partial charge in [0.05, 0.1) is 34.5 Å². The van der Waals surface area contributed by atoms with E-state index in [9.17, 15) is 0 Å². The van der Waals surface area contributed by atoms with Crippen molar-refractivity contribution >= 4 is 0 Å². The molecule has 2 aromatic carbocycles. The zero-order valence-electron chi connectivity index (χ0n) is 18.6. The van der Waals surface area contributed by atoms with E-state index in [0.29, 0.717) is 17.2 Å². The Balaban J connectivity index is 1.80. The number of aryl methyl sites for hydroxylation is 1. The van der Waals surface area contributed by atoms with Crippen molar-refractivity contribution in [1.82, 2.24) is 9.47 Å². The highest BCUT2D eigenvalue weighted by Gasteiger charge is 2.29. The number of ether oxygens (including phenoxy) is 4. The first-order valence-electron chi connectivity index (χ1n) is 10.5. The van der Waals surface area contributed by atoms with Gasteiger partial charge in [-0.2, -0.15) is 0 Å². The van der Waals surface area contributed by atoms with Gasteiger partial charge in [-0.15, -0.1) is 0 Å². The normalized spacial score (nSPS) is 16.3. The number of nitrogens with zero attached hydrogens (tertiary/aromatic N) is 2. The molecule has 6 nitrogen and oxygen atoms in total. The van der Waals surface area contributed by atoms with Crippen molar-refractivity contribution in [3.63, 3.8) is 0 Å². The second-order valence-electron chi connectivity index (χ2n) is 7.66. The molecule has 1 aromatic heterocycles. The van der Waals surface area contributed by atoms with Gasteiger partial charge in [-0.05, 0) is 53.9 Å². The molecule has 3 aromatic rings. The third-order valence-corrected chi connectivity index (χ3v) is 5.88. The van der Waals surface area contributed by atoms with Crippen LogP contribution in [0.5, 0.6) is 23.0 Å². The van der Waals surface area contributed by atoms with E-state index in [1.165, 1.54) is 11.3 Å². The summed E-state index contributed by atoms with van der Waals surface area (Å²) in [5.74, 6) is 2.82. The Hall–Kier alpha value is -3.12. The fourth-order valence-corrected chi connectivity index (χ4v) is 4.46. The monoisotopic (exact) mass is 422 g/mol. The van der Waals surface area contributed by atoms with Crippen LogP contribution < -0.4 is 18.9 Å². The van der Waals surface area contributed by atoms with Crippen LogP contribution in [-0.2, 0) is 13.1 Å². The summed E-state index contributed by atoms with van der Waals surface area (Å²) in [5.41, 5.74) is 3.59. The molecule has 0 aliphatic carbocycles. The van der Waals surface area contributed by atoms with Crippen molar-refractivity contribution in [1.29, 1.82) is 0 Å². The molecule has 0 radical (unpaired) electrons. The molecule has 164 valence electrons. The summed E-state index contributed by atoms with van der Waals surface area (Å²) in [4.78, 5) is 2.51. The molecule has 1 aliphatic heterocycles. The standard InChI is InChI=1S/C25H30N2O4/c1-28-20-9-5-8-18(14-20)17-27-13-7-12-26-11-6-10-21(26)24(27)19-15-22(29-2)25(31-4)23(16-19)30-3/h5-6,8-11,14-16,24H,7,12-13,17H2,1-4H3. The topological polar surface area (TPSA) is 45.1 Å². The van der Waals surface area contributed by atoms with Crippen molar-refractivity contribution in [3.8, 4) is 23.0 Å². The van der Waals surface area contributed by atoms with Gasteiger partial charge >= 0.3 is 0 Å². The molecule has 0 amide bonds. The van der Waals surface area contributed by atoms with E-state index in [1.807, 2.05) is 12.1 Å². The lowest BCUT2D eigenvalue weighted by Gasteiger charge is -2.31. The summed E-state index contributed by atoms with van der Waals surface area (Å²) in [6.45, 7) is 2.78. The molecule has 1 atom stereocenters. The minimum atomic E-state index is 0.0532. The van der Waals surface area contributed by atoms with Crippen LogP contribution in [0, 0.1) is 0 Å². The lowest BCUT2D eigenvalue weighted by molar-refractivity contribution is 0.219. The molecule has 4 rings (SSSR count). The summed E-state index contributed by atoms with van der Waals surface area (Å²) in [6.07, 6.45) is 3.24. The van der Waals surface area contributed by atoms with Gasteiger partial charge in [-0.3, -0.25) is 4.90 Å². The molecular formula is C25H30N2O4. The van der Waals surface area contributed by atoms with E-state index in [0.717, 1.165) is 37.4 Å². The van der Waals surface area contributed by atoms with Crippen LogP contribution in [0.3, 0.4) is 0 Å². The minimum Gasteiger partial charge on any atom is -0.497 e. The predicted molar refractivity (Wildman–Crippen MR) is 120 cm³/mol. The van der Waals surface area contributed by atoms with Gasteiger partial charge in [0.2, 0.25) is 5.75 Å². The van der Waals surface area contributed by atoms with Crippen LogP contribution in [0.15, 0.2) is 54.7 Å². The van der Waals surface area contributed by atoms with Crippen LogP contribution in [0.4, 0.5) is 0 Å². The van der Waals surface area contributed by atoms with Crippen molar-refractivity contribution < 1.29 is 18.9 Å². The second-order valence-corrected chi connectivity index (χ2v) is 7.66. The fraction of sp³-hybridized carbons (Fsp3) is 0.360. The van der Waals surface area contributed by atoms with Gasteiger partial charge in [0.1, 0.15) is 5.75 Å². The van der Waals surface area contributed by atoms with Crippen molar-refractivity contribution in [2.75, 3.05) is 35.0 Å². The first-order valence-corrected chi connectivity index (χ1v) is 10.5. The van der Waals surface area contributed by atoms with Gasteiger partial charge in [0.15, 0.2) is 11.5 Å². The third kappa shape index (κ3) is 4.21. The largest absolute Gasteiger partial charge is 0.497 e. The molecule has 6 heteroatoms. The van der Waals surface area contributed by atoms with Gasteiger partial charge in [0, 0.05) is 31.5 Å². The Kier molecular flexibility index (Phi) is 6.37. The summed E-state index contributed by atoms with van der Waals surface area (Å²) in [6, 6.07) is 16.8. The van der Waals surface area contributed by atoms with Crippen molar-refractivity contribution in [3.05, 3.63) is 71.5 Å². The number of methoxy groups -OCH3 is 4. The predicted octanol–water partition coefficient (Wildman–Crippen LogP) is 4.52. The Morgan fingerprint density at radius 2 is 1.61 bits per heavy atom. The van der Waals surface area contributed by atoms with E-state index in [-0.39, 0.29) is 6.04 Å². The van der Waals surface area contributed by atoms with E-state index in [4.69, 9.17) is 18.9 Å². The van der Waals surface area contributed by atoms with E-state index < -0.39 is 0 Å². The fourth-order valence-electron chi connectivity index (χ4n) is 4.46. The lowest BCUT2D eigenvalue weighted by Crippen LogP contribution is -2.29. The average molecular weight is 423 g/mol. The SMILES string of the molecule is COc1cccc(CN2CCCn3cccc3C2c2cc(OC)c(OC)c(OC)c2)c1. The quantitative estimate of drug-likeness (QED) is 0.560. The Bertz CT molecular complexity index is 1000. The van der Waals surface area contributed by atoms with E-state index >= 15 is 0 Å². The molecule has 1 unspecified atom stereocenters. The van der Waals surface area contributed by atoms with Crippen LogP contribution in [-0.4, -0.2) is 44.5 Å². The van der Waals surface area contributed by atoms with Gasteiger partial charge in [-0.1, -0.05) is 12.1 Å². The highest BCUT2D eigenvalue weighted by molar-refractivity contribution is 5.55. The third-order valence-electron chi connectivity index (χ3n) is 5.88. The van der Waals surface area contributed by atoms with Crippen LogP contribution in [0.1, 0.15) is 29.3 Å². The highest BCUT2D eigenvalue weighted by atomic mass is 16.5. The summed E-state index contributed by atoms with van der Waals surface area (Å²) < 4.78 is 24.6. The Morgan fingerprint density at radius 3 is 2.29 bits per heavy atom. The minimum absolute atomic E-state index is 0.0532. The molecule has 0 spiro atoms. The van der Waals surface area contributed by atoms with E-state index in [2.05, 4.69) is 52.1 Å². The Morgan fingerprint density at radius 1 is 0.839 bits per heavy atom. The maximum absolute atomic E-state index is 5.65. The summed E-state index contributed by atoms with van der Waals surface area (Å²) in [7, 11) is 6.65. The molecule has 31 heavy (non-hydrogen) atoms. The van der Waals surface area contributed by atoms with Crippen LogP contribution in [0.25, 0.3) is 0 Å². The highest BCUT2D eigenvalue weighted by Crippen LogP contribution is 2.43. The van der Waals surface area contributed by atoms with Crippen LogP contribution >= 0.6 is 0 Å². The summed E-state index contributed by atoms with van der Waals surface area (Å²) >= 11 is 0. The number of rotatable bonds is 7. The molecular weight excluding hydrogens is 392 g/mol. The molecule has 2 heterocycles. The second kappa shape index (κ2) is 9.35. The first-order chi connectivity index (χ1) is 15.2. The molecule has 0 N–H and O–H groups in total.